The quantitative estimate of drug-likeness (QED) is 0.533. The first-order valence-electron chi connectivity index (χ1n) is 2.96. The molecule has 1 fully saturated rings. The summed E-state index contributed by atoms with van der Waals surface area (Å²) in [5.41, 5.74) is -0.432. The Kier molecular flexibility index (Phi) is 1.29. The molecule has 1 N–H and O–H groups in total. The van der Waals surface area contributed by atoms with Gasteiger partial charge in [-0.1, -0.05) is 0 Å². The second-order valence-electron chi connectivity index (χ2n) is 2.81. The van der Waals surface area contributed by atoms with Crippen LogP contribution >= 0.6 is 0 Å². The highest BCUT2D eigenvalue weighted by Crippen LogP contribution is 2.28. The maximum Gasteiger partial charge on any atom is 0.407 e. The molecular weight excluding hydrogens is 132 g/mol. The zero-order chi connectivity index (χ0) is 7.78. The third kappa shape index (κ3) is 0.903. The van der Waals surface area contributed by atoms with Gasteiger partial charge in [-0.25, -0.2) is 4.79 Å². The van der Waals surface area contributed by atoms with Crippen molar-refractivity contribution >= 4 is 6.09 Å². The maximum absolute atomic E-state index is 10.2. The normalized spacial score (nSPS) is 21.0. The van der Waals surface area contributed by atoms with Gasteiger partial charge in [-0.2, -0.15) is 5.26 Å². The van der Waals surface area contributed by atoms with Crippen molar-refractivity contribution in [3.05, 3.63) is 0 Å². The fraction of sp³-hybridized carbons (Fsp3) is 0.667. The summed E-state index contributed by atoms with van der Waals surface area (Å²) in [5.74, 6) is 0. The summed E-state index contributed by atoms with van der Waals surface area (Å²) in [4.78, 5) is 11.4. The number of likely N-dealkylation sites (tertiary alicyclic amines) is 1. The summed E-state index contributed by atoms with van der Waals surface area (Å²) in [6, 6.07) is 2.06. The van der Waals surface area contributed by atoms with Crippen molar-refractivity contribution in [1.82, 2.24) is 4.90 Å². The number of nitrogens with zero attached hydrogens (tertiary/aromatic N) is 2. The minimum absolute atomic E-state index is 0.346. The molecule has 0 saturated carbocycles. The summed E-state index contributed by atoms with van der Waals surface area (Å²) in [6.07, 6.45) is -0.937. The Morgan fingerprint density at radius 1 is 1.80 bits per heavy atom. The molecule has 0 aliphatic carbocycles. The number of carbonyl (C=O) groups is 1. The third-order valence-corrected chi connectivity index (χ3v) is 1.62. The predicted octanol–water partition coefficient (Wildman–Crippen LogP) is 0.510. The van der Waals surface area contributed by atoms with E-state index in [9.17, 15) is 4.79 Å². The fourth-order valence-corrected chi connectivity index (χ4v) is 1.00. The van der Waals surface area contributed by atoms with Gasteiger partial charge in [0, 0.05) is 13.1 Å². The largest absolute Gasteiger partial charge is 0.465 e. The van der Waals surface area contributed by atoms with Gasteiger partial charge >= 0.3 is 6.09 Å². The molecule has 0 aromatic rings. The van der Waals surface area contributed by atoms with Gasteiger partial charge < -0.3 is 10.0 Å². The van der Waals surface area contributed by atoms with Crippen molar-refractivity contribution in [3.8, 4) is 6.07 Å². The zero-order valence-corrected chi connectivity index (χ0v) is 5.66. The van der Waals surface area contributed by atoms with Gasteiger partial charge in [0.2, 0.25) is 0 Å². The smallest absolute Gasteiger partial charge is 0.407 e. The van der Waals surface area contributed by atoms with E-state index in [1.165, 1.54) is 4.90 Å². The molecule has 1 aliphatic heterocycles. The molecule has 4 nitrogen and oxygen atoms in total. The van der Waals surface area contributed by atoms with Gasteiger partial charge in [0.1, 0.15) is 0 Å². The van der Waals surface area contributed by atoms with Crippen LogP contribution in [-0.2, 0) is 0 Å². The Morgan fingerprint density at radius 2 is 2.30 bits per heavy atom. The number of hydrogen-bond acceptors (Lipinski definition) is 2. The van der Waals surface area contributed by atoms with Gasteiger partial charge in [-0.05, 0) is 6.92 Å². The van der Waals surface area contributed by atoms with Crippen LogP contribution in [0.4, 0.5) is 4.79 Å². The number of amides is 1. The van der Waals surface area contributed by atoms with Crippen LogP contribution in [0.1, 0.15) is 6.92 Å². The van der Waals surface area contributed by atoms with Gasteiger partial charge in [0.15, 0.2) is 0 Å². The van der Waals surface area contributed by atoms with Crippen molar-refractivity contribution in [2.24, 2.45) is 5.41 Å². The number of nitriles is 1. The summed E-state index contributed by atoms with van der Waals surface area (Å²) in [5, 5.41) is 16.9. The average molecular weight is 140 g/mol. The summed E-state index contributed by atoms with van der Waals surface area (Å²) in [7, 11) is 0. The molecule has 0 spiro atoms. The standard InChI is InChI=1S/C6H8N2O2/c1-6(2-7)3-8(4-6)5(9)10/h3-4H2,1H3,(H,9,10). The van der Waals surface area contributed by atoms with Gasteiger partial charge in [-0.15, -0.1) is 0 Å². The first kappa shape index (κ1) is 6.87. The molecular formula is C6H8N2O2. The second kappa shape index (κ2) is 1.87. The molecule has 1 saturated heterocycles. The lowest BCUT2D eigenvalue weighted by molar-refractivity contribution is 0.0567. The van der Waals surface area contributed by atoms with E-state index in [-0.39, 0.29) is 0 Å². The summed E-state index contributed by atoms with van der Waals surface area (Å²) < 4.78 is 0. The van der Waals surface area contributed by atoms with E-state index in [1.54, 1.807) is 6.92 Å². The van der Waals surface area contributed by atoms with Crippen LogP contribution in [0, 0.1) is 16.7 Å². The number of hydrogen-bond donors (Lipinski definition) is 1. The molecule has 0 bridgehead atoms. The molecule has 54 valence electrons. The molecule has 0 radical (unpaired) electrons. The monoisotopic (exact) mass is 140 g/mol. The van der Waals surface area contributed by atoms with Crippen LogP contribution in [0.3, 0.4) is 0 Å². The number of rotatable bonds is 0. The molecule has 1 amide bonds. The Hall–Kier alpha value is -1.24. The fourth-order valence-electron chi connectivity index (χ4n) is 1.00. The summed E-state index contributed by atoms with van der Waals surface area (Å²) >= 11 is 0. The lowest BCUT2D eigenvalue weighted by atomic mass is 9.84. The van der Waals surface area contributed by atoms with Gasteiger partial charge in [0.05, 0.1) is 11.5 Å². The SMILES string of the molecule is CC1(C#N)CN(C(=O)O)C1. The number of carboxylic acid groups (broad SMARTS) is 1. The molecule has 1 rings (SSSR count). The van der Waals surface area contributed by atoms with Crippen molar-refractivity contribution < 1.29 is 9.90 Å². The van der Waals surface area contributed by atoms with Crippen molar-refractivity contribution in [2.45, 2.75) is 6.92 Å². The van der Waals surface area contributed by atoms with Crippen LogP contribution in [0.25, 0.3) is 0 Å². The molecule has 0 aromatic carbocycles. The second-order valence-corrected chi connectivity index (χ2v) is 2.81. The highest BCUT2D eigenvalue weighted by atomic mass is 16.4. The highest BCUT2D eigenvalue weighted by molar-refractivity contribution is 5.66. The zero-order valence-electron chi connectivity index (χ0n) is 5.66. The lowest BCUT2D eigenvalue weighted by Crippen LogP contribution is -2.55. The molecule has 1 aliphatic rings. The van der Waals surface area contributed by atoms with Crippen LogP contribution < -0.4 is 0 Å². The maximum atomic E-state index is 10.2. The van der Waals surface area contributed by atoms with E-state index < -0.39 is 11.5 Å². The Morgan fingerprint density at radius 3 is 2.60 bits per heavy atom. The minimum Gasteiger partial charge on any atom is -0.465 e. The van der Waals surface area contributed by atoms with E-state index >= 15 is 0 Å². The van der Waals surface area contributed by atoms with Gasteiger partial charge in [-0.3, -0.25) is 0 Å². The van der Waals surface area contributed by atoms with Crippen molar-refractivity contribution in [2.75, 3.05) is 13.1 Å². The first-order chi connectivity index (χ1) is 4.57. The lowest BCUT2D eigenvalue weighted by Gasteiger charge is -2.41. The molecule has 10 heavy (non-hydrogen) atoms. The topological polar surface area (TPSA) is 64.3 Å². The first-order valence-corrected chi connectivity index (χ1v) is 2.96. The molecule has 0 atom stereocenters. The van der Waals surface area contributed by atoms with Crippen LogP contribution in [0.5, 0.6) is 0 Å². The molecule has 1 heterocycles. The van der Waals surface area contributed by atoms with E-state index in [4.69, 9.17) is 10.4 Å². The van der Waals surface area contributed by atoms with Crippen molar-refractivity contribution in [3.63, 3.8) is 0 Å². The van der Waals surface area contributed by atoms with E-state index in [1.807, 2.05) is 0 Å². The van der Waals surface area contributed by atoms with E-state index in [2.05, 4.69) is 6.07 Å². The Bertz CT molecular complexity index is 200. The highest BCUT2D eigenvalue weighted by Gasteiger charge is 2.41. The predicted molar refractivity (Wildman–Crippen MR) is 33.3 cm³/mol. The Balaban J connectivity index is 2.46. The molecule has 0 aromatic heterocycles. The average Bonchev–Trinajstić information content (AvgIpc) is 1.80. The van der Waals surface area contributed by atoms with Crippen LogP contribution in [0.15, 0.2) is 0 Å². The van der Waals surface area contributed by atoms with Crippen LogP contribution in [-0.4, -0.2) is 29.2 Å². The van der Waals surface area contributed by atoms with Crippen molar-refractivity contribution in [1.29, 1.82) is 5.26 Å². The Labute approximate surface area is 58.7 Å². The minimum atomic E-state index is -0.937. The van der Waals surface area contributed by atoms with Crippen LogP contribution in [0.2, 0.25) is 0 Å². The molecule has 0 unspecified atom stereocenters. The third-order valence-electron chi connectivity index (χ3n) is 1.62. The van der Waals surface area contributed by atoms with Gasteiger partial charge in [0.25, 0.3) is 0 Å². The summed E-state index contributed by atoms with van der Waals surface area (Å²) in [6.45, 7) is 2.45. The molecule has 4 heteroatoms. The van der Waals surface area contributed by atoms with E-state index in [0.29, 0.717) is 13.1 Å². The van der Waals surface area contributed by atoms with E-state index in [0.717, 1.165) is 0 Å².